The highest BCUT2D eigenvalue weighted by atomic mass is 19.1. The van der Waals surface area contributed by atoms with Crippen molar-refractivity contribution in [1.29, 1.82) is 0 Å². The topological polar surface area (TPSA) is 66.7 Å². The van der Waals surface area contributed by atoms with Crippen molar-refractivity contribution in [2.24, 2.45) is 0 Å². The number of oxazole rings is 1. The molecule has 6 nitrogen and oxygen atoms in total. The van der Waals surface area contributed by atoms with Gasteiger partial charge in [-0.1, -0.05) is 0 Å². The Bertz CT molecular complexity index is 1020. The molecule has 0 bridgehead atoms. The van der Waals surface area contributed by atoms with E-state index in [2.05, 4.69) is 4.98 Å². The van der Waals surface area contributed by atoms with E-state index in [1.165, 1.54) is 18.5 Å². The third-order valence-corrected chi connectivity index (χ3v) is 4.84. The van der Waals surface area contributed by atoms with Crippen LogP contribution in [0.3, 0.4) is 0 Å². The fourth-order valence-electron chi connectivity index (χ4n) is 3.24. The van der Waals surface area contributed by atoms with Gasteiger partial charge in [0.2, 0.25) is 0 Å². The summed E-state index contributed by atoms with van der Waals surface area (Å²) in [6.45, 7) is 3.39. The lowest BCUT2D eigenvalue weighted by atomic mass is 10.1. The molecule has 4 rings (SSSR count). The summed E-state index contributed by atoms with van der Waals surface area (Å²) in [7, 11) is 0. The Morgan fingerprint density at radius 3 is 2.19 bits per heavy atom. The van der Waals surface area contributed by atoms with Crippen molar-refractivity contribution in [1.82, 2.24) is 14.8 Å². The zero-order valence-corrected chi connectivity index (χ0v) is 14.8. The Kier molecular flexibility index (Phi) is 4.35. The van der Waals surface area contributed by atoms with Crippen LogP contribution in [0.2, 0.25) is 0 Å². The number of benzene rings is 2. The highest BCUT2D eigenvalue weighted by Gasteiger charge is 2.26. The molecule has 0 atom stereocenters. The van der Waals surface area contributed by atoms with Crippen LogP contribution in [0.4, 0.5) is 4.39 Å². The van der Waals surface area contributed by atoms with Gasteiger partial charge in [-0.3, -0.25) is 9.59 Å². The smallest absolute Gasteiger partial charge is 0.254 e. The van der Waals surface area contributed by atoms with Gasteiger partial charge in [-0.2, -0.15) is 0 Å². The van der Waals surface area contributed by atoms with Crippen LogP contribution >= 0.6 is 0 Å². The quantitative estimate of drug-likeness (QED) is 0.699. The monoisotopic (exact) mass is 367 g/mol. The lowest BCUT2D eigenvalue weighted by Gasteiger charge is -2.35. The van der Waals surface area contributed by atoms with Crippen LogP contribution in [0.15, 0.2) is 47.2 Å². The van der Waals surface area contributed by atoms with Gasteiger partial charge in [0, 0.05) is 37.3 Å². The normalized spacial score (nSPS) is 14.6. The first-order valence-electron chi connectivity index (χ1n) is 8.71. The van der Waals surface area contributed by atoms with Crippen molar-refractivity contribution in [3.05, 3.63) is 65.3 Å². The highest BCUT2D eigenvalue weighted by molar-refractivity contribution is 5.97. The summed E-state index contributed by atoms with van der Waals surface area (Å²) in [6, 6.07) is 9.52. The average molecular weight is 367 g/mol. The molecular weight excluding hydrogens is 349 g/mol. The van der Waals surface area contributed by atoms with Crippen LogP contribution in [0.1, 0.15) is 26.3 Å². The Morgan fingerprint density at radius 2 is 1.56 bits per heavy atom. The number of amides is 2. The molecule has 27 heavy (non-hydrogen) atoms. The SMILES string of the molecule is Cc1cc(C(=O)N2CCN(C(=O)c3ccc4ncoc4c3)CC2)ccc1F. The van der Waals surface area contributed by atoms with Crippen molar-refractivity contribution in [2.75, 3.05) is 26.2 Å². The minimum Gasteiger partial charge on any atom is -0.443 e. The Hall–Kier alpha value is -3.22. The van der Waals surface area contributed by atoms with E-state index in [0.29, 0.717) is 54.0 Å². The van der Waals surface area contributed by atoms with E-state index in [-0.39, 0.29) is 17.6 Å². The van der Waals surface area contributed by atoms with E-state index >= 15 is 0 Å². The number of piperazine rings is 1. The first kappa shape index (κ1) is 17.2. The molecule has 0 aliphatic carbocycles. The van der Waals surface area contributed by atoms with E-state index in [9.17, 15) is 14.0 Å². The van der Waals surface area contributed by atoms with Crippen LogP contribution in [-0.4, -0.2) is 52.8 Å². The van der Waals surface area contributed by atoms with Crippen LogP contribution in [-0.2, 0) is 0 Å². The maximum absolute atomic E-state index is 13.4. The zero-order chi connectivity index (χ0) is 19.0. The molecule has 3 aromatic rings. The minimum absolute atomic E-state index is 0.0991. The minimum atomic E-state index is -0.328. The predicted octanol–water partition coefficient (Wildman–Crippen LogP) is 2.87. The summed E-state index contributed by atoms with van der Waals surface area (Å²) >= 11 is 0. The third kappa shape index (κ3) is 3.28. The molecule has 2 aromatic carbocycles. The summed E-state index contributed by atoms with van der Waals surface area (Å²) < 4.78 is 18.7. The number of hydrogen-bond donors (Lipinski definition) is 0. The molecule has 0 unspecified atom stereocenters. The summed E-state index contributed by atoms with van der Waals surface area (Å²) in [5.41, 5.74) is 2.72. The molecule has 1 aliphatic rings. The molecule has 7 heteroatoms. The number of nitrogens with zero attached hydrogens (tertiary/aromatic N) is 3. The van der Waals surface area contributed by atoms with E-state index in [1.807, 2.05) is 0 Å². The van der Waals surface area contributed by atoms with Crippen molar-refractivity contribution < 1.29 is 18.4 Å². The molecule has 2 amide bonds. The molecule has 0 spiro atoms. The van der Waals surface area contributed by atoms with Gasteiger partial charge in [-0.15, -0.1) is 0 Å². The first-order chi connectivity index (χ1) is 13.0. The molecule has 1 aliphatic heterocycles. The fraction of sp³-hybridized carbons (Fsp3) is 0.250. The molecular formula is C20H18FN3O3. The largest absolute Gasteiger partial charge is 0.443 e. The lowest BCUT2D eigenvalue weighted by molar-refractivity contribution is 0.0535. The summed E-state index contributed by atoms with van der Waals surface area (Å²) in [4.78, 5) is 32.8. The van der Waals surface area contributed by atoms with E-state index in [4.69, 9.17) is 4.42 Å². The van der Waals surface area contributed by atoms with Gasteiger partial charge in [0.1, 0.15) is 11.3 Å². The molecule has 1 saturated heterocycles. The Morgan fingerprint density at radius 1 is 0.963 bits per heavy atom. The van der Waals surface area contributed by atoms with Gasteiger partial charge >= 0.3 is 0 Å². The van der Waals surface area contributed by atoms with Crippen LogP contribution in [0.5, 0.6) is 0 Å². The highest BCUT2D eigenvalue weighted by Crippen LogP contribution is 2.18. The van der Waals surface area contributed by atoms with Crippen LogP contribution in [0, 0.1) is 12.7 Å². The van der Waals surface area contributed by atoms with Gasteiger partial charge < -0.3 is 14.2 Å². The van der Waals surface area contributed by atoms with Gasteiger partial charge in [0.25, 0.3) is 11.8 Å². The van der Waals surface area contributed by atoms with Crippen LogP contribution in [0.25, 0.3) is 11.1 Å². The standard InChI is InChI=1S/C20H18FN3O3/c1-13-10-14(2-4-16(13)21)19(25)23-6-8-24(9-7-23)20(26)15-3-5-17-18(11-15)27-12-22-17/h2-5,10-12H,6-9H2,1H3. The molecule has 1 fully saturated rings. The molecule has 138 valence electrons. The maximum atomic E-state index is 13.4. The fourth-order valence-corrected chi connectivity index (χ4v) is 3.24. The number of aromatic nitrogens is 1. The van der Waals surface area contributed by atoms with Gasteiger partial charge in [0.05, 0.1) is 0 Å². The molecule has 2 heterocycles. The Labute approximate surface area is 155 Å². The Balaban J connectivity index is 1.42. The number of halogens is 1. The second-order valence-corrected chi connectivity index (χ2v) is 6.58. The van der Waals surface area contributed by atoms with Crippen molar-refractivity contribution in [2.45, 2.75) is 6.92 Å². The average Bonchev–Trinajstić information content (AvgIpc) is 3.17. The maximum Gasteiger partial charge on any atom is 0.254 e. The summed E-state index contributed by atoms with van der Waals surface area (Å²) in [6.07, 6.45) is 1.35. The van der Waals surface area contributed by atoms with Gasteiger partial charge in [-0.05, 0) is 48.9 Å². The second-order valence-electron chi connectivity index (χ2n) is 6.58. The predicted molar refractivity (Wildman–Crippen MR) is 97.0 cm³/mol. The van der Waals surface area contributed by atoms with Crippen molar-refractivity contribution >= 4 is 22.9 Å². The first-order valence-corrected chi connectivity index (χ1v) is 8.71. The number of hydrogen-bond acceptors (Lipinski definition) is 4. The number of carbonyl (C=O) groups excluding carboxylic acids is 2. The number of rotatable bonds is 2. The van der Waals surface area contributed by atoms with Crippen LogP contribution < -0.4 is 0 Å². The number of aryl methyl sites for hydroxylation is 1. The third-order valence-electron chi connectivity index (χ3n) is 4.84. The van der Waals surface area contributed by atoms with E-state index in [0.717, 1.165) is 0 Å². The van der Waals surface area contributed by atoms with Crippen molar-refractivity contribution in [3.63, 3.8) is 0 Å². The summed E-state index contributed by atoms with van der Waals surface area (Å²) in [5.74, 6) is -0.572. The van der Waals surface area contributed by atoms with Gasteiger partial charge in [-0.25, -0.2) is 9.37 Å². The molecule has 1 aromatic heterocycles. The van der Waals surface area contributed by atoms with Gasteiger partial charge in [0.15, 0.2) is 12.0 Å². The van der Waals surface area contributed by atoms with E-state index < -0.39 is 0 Å². The van der Waals surface area contributed by atoms with Crippen molar-refractivity contribution in [3.8, 4) is 0 Å². The second kappa shape index (κ2) is 6.83. The van der Waals surface area contributed by atoms with E-state index in [1.54, 1.807) is 41.0 Å². The number of fused-ring (bicyclic) bond motifs is 1. The molecule has 0 radical (unpaired) electrons. The molecule has 0 N–H and O–H groups in total. The summed E-state index contributed by atoms with van der Waals surface area (Å²) in [5, 5.41) is 0. The lowest BCUT2D eigenvalue weighted by Crippen LogP contribution is -2.50. The zero-order valence-electron chi connectivity index (χ0n) is 14.8. The number of carbonyl (C=O) groups is 2. The molecule has 0 saturated carbocycles.